The molecule has 0 bridgehead atoms. The van der Waals surface area contributed by atoms with Crippen molar-refractivity contribution >= 4 is 16.0 Å². The second kappa shape index (κ2) is 6.34. The van der Waals surface area contributed by atoms with Crippen LogP contribution < -0.4 is 4.72 Å². The number of hydrogen-bond donors (Lipinski definition) is 2. The molecule has 1 heterocycles. The summed E-state index contributed by atoms with van der Waals surface area (Å²) in [6.45, 7) is 1.06. The molecule has 2 N–H and O–H groups in total. The van der Waals surface area contributed by atoms with Crippen molar-refractivity contribution in [2.75, 3.05) is 13.2 Å². The first-order valence-electron chi connectivity index (χ1n) is 6.44. The number of rotatable bonds is 6. The van der Waals surface area contributed by atoms with Gasteiger partial charge in [-0.15, -0.1) is 0 Å². The highest BCUT2D eigenvalue weighted by Crippen LogP contribution is 2.15. The zero-order valence-electron chi connectivity index (χ0n) is 10.9. The molecule has 0 aromatic heterocycles. The minimum atomic E-state index is -3.59. The summed E-state index contributed by atoms with van der Waals surface area (Å²) >= 11 is 0. The molecule has 0 amide bonds. The van der Waals surface area contributed by atoms with Gasteiger partial charge in [0.2, 0.25) is 10.0 Å². The van der Waals surface area contributed by atoms with Crippen LogP contribution in [0.2, 0.25) is 0 Å². The van der Waals surface area contributed by atoms with Gasteiger partial charge >= 0.3 is 5.97 Å². The van der Waals surface area contributed by atoms with E-state index in [9.17, 15) is 13.2 Å². The lowest BCUT2D eigenvalue weighted by atomic mass is 10.2. The summed E-state index contributed by atoms with van der Waals surface area (Å²) in [5.74, 6) is -1.08. The van der Waals surface area contributed by atoms with Crippen LogP contribution in [-0.4, -0.2) is 38.7 Å². The molecule has 1 saturated heterocycles. The molecule has 20 heavy (non-hydrogen) atoms. The van der Waals surface area contributed by atoms with Crippen LogP contribution in [0.15, 0.2) is 29.2 Å². The van der Waals surface area contributed by atoms with Gasteiger partial charge in [-0.05, 0) is 43.5 Å². The Kier molecular flexibility index (Phi) is 4.74. The van der Waals surface area contributed by atoms with Gasteiger partial charge in [0.15, 0.2) is 0 Å². The number of aromatic carboxylic acids is 1. The Bertz CT molecular complexity index is 561. The van der Waals surface area contributed by atoms with Gasteiger partial charge in [-0.3, -0.25) is 0 Å². The summed E-state index contributed by atoms with van der Waals surface area (Å²) < 4.78 is 31.9. The van der Waals surface area contributed by atoms with Gasteiger partial charge in [-0.2, -0.15) is 0 Å². The van der Waals surface area contributed by atoms with E-state index in [0.717, 1.165) is 19.4 Å². The lowest BCUT2D eigenvalue weighted by Gasteiger charge is -2.10. The quantitative estimate of drug-likeness (QED) is 0.824. The summed E-state index contributed by atoms with van der Waals surface area (Å²) in [4.78, 5) is 10.8. The predicted molar refractivity (Wildman–Crippen MR) is 72.2 cm³/mol. The van der Waals surface area contributed by atoms with Crippen LogP contribution in [0.4, 0.5) is 0 Å². The van der Waals surface area contributed by atoms with Gasteiger partial charge in [0.05, 0.1) is 16.6 Å². The fraction of sp³-hybridized carbons (Fsp3) is 0.462. The van der Waals surface area contributed by atoms with Crippen LogP contribution in [0.5, 0.6) is 0 Å². The van der Waals surface area contributed by atoms with Crippen LogP contribution >= 0.6 is 0 Å². The van der Waals surface area contributed by atoms with E-state index in [0.29, 0.717) is 13.0 Å². The maximum absolute atomic E-state index is 12.0. The first-order chi connectivity index (χ1) is 9.49. The summed E-state index contributed by atoms with van der Waals surface area (Å²) in [5, 5.41) is 8.76. The largest absolute Gasteiger partial charge is 0.478 e. The summed E-state index contributed by atoms with van der Waals surface area (Å²) in [5.41, 5.74) is 0.0586. The third-order valence-corrected chi connectivity index (χ3v) is 4.67. The van der Waals surface area contributed by atoms with Crippen molar-refractivity contribution in [1.29, 1.82) is 0 Å². The highest BCUT2D eigenvalue weighted by Gasteiger charge is 2.18. The molecular formula is C13H17NO5S. The minimum absolute atomic E-state index is 0.0586. The Balaban J connectivity index is 1.93. The van der Waals surface area contributed by atoms with Crippen molar-refractivity contribution in [2.24, 2.45) is 0 Å². The molecule has 1 aromatic rings. The number of carbonyl (C=O) groups is 1. The topological polar surface area (TPSA) is 92.7 Å². The van der Waals surface area contributed by atoms with Crippen LogP contribution in [0.3, 0.4) is 0 Å². The summed E-state index contributed by atoms with van der Waals surface area (Å²) in [7, 11) is -3.59. The molecule has 0 radical (unpaired) electrons. The molecule has 0 saturated carbocycles. The summed E-state index contributed by atoms with van der Waals surface area (Å²) in [6, 6.07) is 5.13. The Morgan fingerprint density at radius 1 is 1.35 bits per heavy atom. The van der Waals surface area contributed by atoms with E-state index >= 15 is 0 Å². The van der Waals surface area contributed by atoms with Gasteiger partial charge in [0, 0.05) is 13.2 Å². The molecule has 1 atom stereocenters. The third kappa shape index (κ3) is 3.78. The number of sulfonamides is 1. The predicted octanol–water partition coefficient (Wildman–Crippen LogP) is 1.23. The zero-order valence-corrected chi connectivity index (χ0v) is 11.7. The van der Waals surface area contributed by atoms with E-state index < -0.39 is 16.0 Å². The van der Waals surface area contributed by atoms with Gasteiger partial charge in [0.1, 0.15) is 0 Å². The summed E-state index contributed by atoms with van der Waals surface area (Å²) in [6.07, 6.45) is 2.77. The molecular weight excluding hydrogens is 282 g/mol. The molecule has 6 nitrogen and oxygen atoms in total. The molecule has 0 aliphatic carbocycles. The highest BCUT2D eigenvalue weighted by molar-refractivity contribution is 7.89. The van der Waals surface area contributed by atoms with Gasteiger partial charge < -0.3 is 9.84 Å². The molecule has 110 valence electrons. The van der Waals surface area contributed by atoms with E-state index in [-0.39, 0.29) is 16.6 Å². The maximum Gasteiger partial charge on any atom is 0.335 e. The maximum atomic E-state index is 12.0. The third-order valence-electron chi connectivity index (χ3n) is 3.19. The Morgan fingerprint density at radius 2 is 2.05 bits per heavy atom. The van der Waals surface area contributed by atoms with Crippen LogP contribution in [0, 0.1) is 0 Å². The normalized spacial score (nSPS) is 19.1. The van der Waals surface area contributed by atoms with Crippen molar-refractivity contribution < 1.29 is 23.1 Å². The molecule has 1 aliphatic rings. The molecule has 7 heteroatoms. The number of carboxylic acid groups (broad SMARTS) is 1. The van der Waals surface area contributed by atoms with E-state index in [1.165, 1.54) is 24.3 Å². The van der Waals surface area contributed by atoms with E-state index in [1.54, 1.807) is 0 Å². The van der Waals surface area contributed by atoms with Crippen LogP contribution in [0.1, 0.15) is 29.6 Å². The zero-order chi connectivity index (χ0) is 14.6. The number of nitrogens with one attached hydrogen (secondary N) is 1. The van der Waals surface area contributed by atoms with E-state index in [2.05, 4.69) is 4.72 Å². The number of hydrogen-bond acceptors (Lipinski definition) is 4. The standard InChI is InChI=1S/C13H17NO5S/c15-13(16)10-3-5-12(6-4-10)20(17,18)14-8-7-11-2-1-9-19-11/h3-6,11,14H,1-2,7-9H2,(H,15,16). The van der Waals surface area contributed by atoms with Crippen LogP contribution in [-0.2, 0) is 14.8 Å². The van der Waals surface area contributed by atoms with Crippen molar-refractivity contribution in [1.82, 2.24) is 4.72 Å². The Hall–Kier alpha value is -1.44. The molecule has 0 spiro atoms. The van der Waals surface area contributed by atoms with Gasteiger partial charge in [-0.25, -0.2) is 17.9 Å². The smallest absolute Gasteiger partial charge is 0.335 e. The average molecular weight is 299 g/mol. The fourth-order valence-electron chi connectivity index (χ4n) is 2.09. The van der Waals surface area contributed by atoms with Gasteiger partial charge in [0.25, 0.3) is 0 Å². The number of ether oxygens (including phenoxy) is 1. The van der Waals surface area contributed by atoms with E-state index in [4.69, 9.17) is 9.84 Å². The van der Waals surface area contributed by atoms with Crippen molar-refractivity contribution in [3.63, 3.8) is 0 Å². The molecule has 1 unspecified atom stereocenters. The monoisotopic (exact) mass is 299 g/mol. The highest BCUT2D eigenvalue weighted by atomic mass is 32.2. The number of carboxylic acids is 1. The fourth-order valence-corrected chi connectivity index (χ4v) is 3.13. The lowest BCUT2D eigenvalue weighted by molar-refractivity contribution is 0.0696. The van der Waals surface area contributed by atoms with Crippen molar-refractivity contribution in [3.8, 4) is 0 Å². The first-order valence-corrected chi connectivity index (χ1v) is 7.92. The first kappa shape index (κ1) is 15.0. The average Bonchev–Trinajstić information content (AvgIpc) is 2.92. The minimum Gasteiger partial charge on any atom is -0.478 e. The Morgan fingerprint density at radius 3 is 2.60 bits per heavy atom. The SMILES string of the molecule is O=C(O)c1ccc(S(=O)(=O)NCCC2CCCO2)cc1. The molecule has 1 aliphatic heterocycles. The van der Waals surface area contributed by atoms with Crippen LogP contribution in [0.25, 0.3) is 0 Å². The Labute approximate surface area is 117 Å². The molecule has 2 rings (SSSR count). The lowest BCUT2D eigenvalue weighted by Crippen LogP contribution is -2.27. The van der Waals surface area contributed by atoms with Crippen molar-refractivity contribution in [3.05, 3.63) is 29.8 Å². The second-order valence-electron chi connectivity index (χ2n) is 4.65. The number of benzene rings is 1. The van der Waals surface area contributed by atoms with Crippen molar-refractivity contribution in [2.45, 2.75) is 30.3 Å². The van der Waals surface area contributed by atoms with Gasteiger partial charge in [-0.1, -0.05) is 0 Å². The molecule has 1 fully saturated rings. The second-order valence-corrected chi connectivity index (χ2v) is 6.42. The van der Waals surface area contributed by atoms with E-state index in [1.807, 2.05) is 0 Å². The molecule has 1 aromatic carbocycles.